The van der Waals surface area contributed by atoms with Gasteiger partial charge < -0.3 is 5.11 Å². The van der Waals surface area contributed by atoms with E-state index in [1.165, 1.54) is 41.8 Å². The molecular formula is C10H7FN2O2S2. The highest BCUT2D eigenvalue weighted by atomic mass is 32.2. The van der Waals surface area contributed by atoms with Gasteiger partial charge in [-0.05, 0) is 23.2 Å². The van der Waals surface area contributed by atoms with Gasteiger partial charge in [-0.15, -0.1) is 0 Å². The first-order valence-electron chi connectivity index (χ1n) is 4.58. The summed E-state index contributed by atoms with van der Waals surface area (Å²) in [6.45, 7) is 0. The highest BCUT2D eigenvalue weighted by molar-refractivity contribution is 8.00. The van der Waals surface area contributed by atoms with Crippen LogP contribution in [0.25, 0.3) is 0 Å². The van der Waals surface area contributed by atoms with E-state index in [1.807, 2.05) is 0 Å². The molecule has 17 heavy (non-hydrogen) atoms. The Morgan fingerprint density at radius 2 is 2.35 bits per heavy atom. The van der Waals surface area contributed by atoms with Gasteiger partial charge in [0.05, 0.1) is 5.56 Å². The van der Waals surface area contributed by atoms with Crippen molar-refractivity contribution in [2.75, 3.05) is 0 Å². The van der Waals surface area contributed by atoms with Crippen molar-refractivity contribution in [3.8, 4) is 0 Å². The summed E-state index contributed by atoms with van der Waals surface area (Å²) in [5, 5.41) is 8.78. The summed E-state index contributed by atoms with van der Waals surface area (Å²) in [4.78, 5) is 14.7. The molecule has 7 heteroatoms. The third-order valence-corrected chi connectivity index (χ3v) is 3.85. The Balaban J connectivity index is 2.16. The second-order valence-corrected chi connectivity index (χ2v) is 5.08. The Bertz CT molecular complexity index is 531. The van der Waals surface area contributed by atoms with Gasteiger partial charge in [0.25, 0.3) is 0 Å². The molecule has 0 aliphatic rings. The van der Waals surface area contributed by atoms with E-state index in [0.29, 0.717) is 11.3 Å². The van der Waals surface area contributed by atoms with Gasteiger partial charge in [0.15, 0.2) is 4.34 Å². The molecular weight excluding hydrogens is 263 g/mol. The number of hydrogen-bond acceptors (Lipinski definition) is 5. The lowest BCUT2D eigenvalue weighted by molar-refractivity contribution is 0.0691. The summed E-state index contributed by atoms with van der Waals surface area (Å²) in [5.74, 6) is -1.61. The number of nitrogens with zero attached hydrogens (tertiary/aromatic N) is 2. The maximum absolute atomic E-state index is 13.7. The van der Waals surface area contributed by atoms with E-state index in [-0.39, 0.29) is 5.56 Å². The summed E-state index contributed by atoms with van der Waals surface area (Å²) >= 11 is 2.55. The van der Waals surface area contributed by atoms with Gasteiger partial charge >= 0.3 is 5.97 Å². The lowest BCUT2D eigenvalue weighted by atomic mass is 10.1. The molecule has 0 aliphatic carbocycles. The van der Waals surface area contributed by atoms with Gasteiger partial charge in [-0.3, -0.25) is 0 Å². The number of aromatic nitrogens is 2. The van der Waals surface area contributed by atoms with Crippen molar-refractivity contribution in [1.82, 2.24) is 9.36 Å². The fourth-order valence-electron chi connectivity index (χ4n) is 1.22. The maximum atomic E-state index is 13.7. The summed E-state index contributed by atoms with van der Waals surface area (Å²) < 4.78 is 18.3. The van der Waals surface area contributed by atoms with Crippen LogP contribution in [0.15, 0.2) is 28.9 Å². The quantitative estimate of drug-likeness (QED) is 0.865. The SMILES string of the molecule is O=C(O)c1cccc(CSc2ncns2)c1F. The lowest BCUT2D eigenvalue weighted by Crippen LogP contribution is -2.02. The van der Waals surface area contributed by atoms with E-state index in [4.69, 9.17) is 5.11 Å². The zero-order chi connectivity index (χ0) is 12.3. The minimum Gasteiger partial charge on any atom is -0.478 e. The van der Waals surface area contributed by atoms with Crippen LogP contribution in [0.4, 0.5) is 4.39 Å². The number of hydrogen-bond donors (Lipinski definition) is 1. The minimum absolute atomic E-state index is 0.305. The Labute approximate surface area is 105 Å². The van der Waals surface area contributed by atoms with Crippen molar-refractivity contribution in [3.63, 3.8) is 0 Å². The van der Waals surface area contributed by atoms with Crippen LogP contribution in [-0.4, -0.2) is 20.4 Å². The number of halogens is 1. The first-order chi connectivity index (χ1) is 8.18. The number of carbonyl (C=O) groups is 1. The fourth-order valence-corrected chi connectivity index (χ4v) is 2.64. The number of benzene rings is 1. The van der Waals surface area contributed by atoms with Crippen LogP contribution in [0.3, 0.4) is 0 Å². The van der Waals surface area contributed by atoms with Crippen LogP contribution in [0.1, 0.15) is 15.9 Å². The van der Waals surface area contributed by atoms with Gasteiger partial charge in [-0.25, -0.2) is 14.2 Å². The molecule has 1 aromatic carbocycles. The topological polar surface area (TPSA) is 63.1 Å². The number of thioether (sulfide) groups is 1. The van der Waals surface area contributed by atoms with Crippen LogP contribution >= 0.6 is 23.3 Å². The molecule has 1 heterocycles. The predicted molar refractivity (Wildman–Crippen MR) is 62.8 cm³/mol. The third-order valence-electron chi connectivity index (χ3n) is 2.00. The molecule has 0 spiro atoms. The molecule has 0 fully saturated rings. The molecule has 1 N–H and O–H groups in total. The number of aromatic carboxylic acids is 1. The van der Waals surface area contributed by atoms with Gasteiger partial charge in [0, 0.05) is 5.75 Å². The molecule has 0 atom stereocenters. The molecule has 88 valence electrons. The molecule has 2 aromatic rings. The van der Waals surface area contributed by atoms with Gasteiger partial charge in [-0.2, -0.15) is 4.37 Å². The highest BCUT2D eigenvalue weighted by Gasteiger charge is 2.13. The van der Waals surface area contributed by atoms with E-state index in [9.17, 15) is 9.18 Å². The molecule has 4 nitrogen and oxygen atoms in total. The van der Waals surface area contributed by atoms with Crippen molar-refractivity contribution < 1.29 is 14.3 Å². The smallest absolute Gasteiger partial charge is 0.338 e. The molecule has 0 unspecified atom stereocenters. The standard InChI is InChI=1S/C10H7FN2O2S2/c11-8-6(2-1-3-7(8)9(14)15)4-16-10-12-5-13-17-10/h1-3,5H,4H2,(H,14,15). The predicted octanol–water partition coefficient (Wildman–Crippen LogP) is 2.67. The fraction of sp³-hybridized carbons (Fsp3) is 0.100. The Kier molecular flexibility index (Phi) is 3.70. The van der Waals surface area contributed by atoms with Gasteiger partial charge in [0.2, 0.25) is 0 Å². The van der Waals surface area contributed by atoms with E-state index in [2.05, 4.69) is 9.36 Å². The Hall–Kier alpha value is -1.47. The monoisotopic (exact) mass is 270 g/mol. The maximum Gasteiger partial charge on any atom is 0.338 e. The lowest BCUT2D eigenvalue weighted by Gasteiger charge is -2.03. The average molecular weight is 270 g/mol. The molecule has 0 saturated heterocycles. The summed E-state index contributed by atoms with van der Waals surface area (Å²) in [7, 11) is 0. The Morgan fingerprint density at radius 1 is 1.53 bits per heavy atom. The number of carboxylic acid groups (broad SMARTS) is 1. The first kappa shape index (κ1) is 12.0. The molecule has 0 aliphatic heterocycles. The van der Waals surface area contributed by atoms with Crippen molar-refractivity contribution in [3.05, 3.63) is 41.5 Å². The average Bonchev–Trinajstić information content (AvgIpc) is 2.80. The van der Waals surface area contributed by atoms with Gasteiger partial charge in [-0.1, -0.05) is 23.9 Å². The zero-order valence-electron chi connectivity index (χ0n) is 8.46. The van der Waals surface area contributed by atoms with Crippen molar-refractivity contribution in [1.29, 1.82) is 0 Å². The first-order valence-corrected chi connectivity index (χ1v) is 6.34. The second kappa shape index (κ2) is 5.24. The van der Waals surface area contributed by atoms with E-state index >= 15 is 0 Å². The molecule has 0 amide bonds. The molecule has 0 saturated carbocycles. The van der Waals surface area contributed by atoms with E-state index in [1.54, 1.807) is 6.07 Å². The van der Waals surface area contributed by atoms with Crippen LogP contribution in [-0.2, 0) is 5.75 Å². The number of rotatable bonds is 4. The summed E-state index contributed by atoms with van der Waals surface area (Å²) in [5.41, 5.74) is 0.0467. The third kappa shape index (κ3) is 2.80. The van der Waals surface area contributed by atoms with Crippen molar-refractivity contribution >= 4 is 29.3 Å². The molecule has 1 aromatic heterocycles. The van der Waals surface area contributed by atoms with Crippen LogP contribution in [0, 0.1) is 5.82 Å². The van der Waals surface area contributed by atoms with E-state index in [0.717, 1.165) is 4.34 Å². The number of carboxylic acids is 1. The molecule has 0 bridgehead atoms. The highest BCUT2D eigenvalue weighted by Crippen LogP contribution is 2.25. The van der Waals surface area contributed by atoms with Crippen molar-refractivity contribution in [2.24, 2.45) is 0 Å². The molecule has 0 radical (unpaired) electrons. The summed E-state index contributed by atoms with van der Waals surface area (Å²) in [6.07, 6.45) is 1.43. The van der Waals surface area contributed by atoms with Crippen LogP contribution in [0.2, 0.25) is 0 Å². The normalized spacial score (nSPS) is 10.4. The van der Waals surface area contributed by atoms with Crippen LogP contribution in [0.5, 0.6) is 0 Å². The summed E-state index contributed by atoms with van der Waals surface area (Å²) in [6, 6.07) is 4.34. The molecule has 2 rings (SSSR count). The van der Waals surface area contributed by atoms with E-state index < -0.39 is 11.8 Å². The second-order valence-electron chi connectivity index (χ2n) is 3.08. The van der Waals surface area contributed by atoms with Crippen molar-refractivity contribution in [2.45, 2.75) is 10.1 Å². The van der Waals surface area contributed by atoms with Gasteiger partial charge in [0.1, 0.15) is 12.1 Å². The largest absolute Gasteiger partial charge is 0.478 e. The Morgan fingerprint density at radius 3 is 3.00 bits per heavy atom. The minimum atomic E-state index is -1.26. The van der Waals surface area contributed by atoms with Crippen LogP contribution < -0.4 is 0 Å². The zero-order valence-corrected chi connectivity index (χ0v) is 10.1.